The molecule has 1 heterocycles. The van der Waals surface area contributed by atoms with Crippen molar-refractivity contribution in [2.24, 2.45) is 5.92 Å². The maximum atomic E-state index is 6.42. The van der Waals surface area contributed by atoms with E-state index in [0.717, 1.165) is 29.7 Å². The lowest BCUT2D eigenvalue weighted by Crippen LogP contribution is -2.53. The van der Waals surface area contributed by atoms with Crippen LogP contribution in [-0.4, -0.2) is 25.2 Å². The molecule has 20 heavy (non-hydrogen) atoms. The number of benzene rings is 1. The number of halogens is 3. The molecule has 0 aliphatic carbocycles. The van der Waals surface area contributed by atoms with E-state index in [1.807, 2.05) is 6.07 Å². The van der Waals surface area contributed by atoms with Crippen LogP contribution in [0.2, 0.25) is 10.0 Å². The molecule has 0 spiro atoms. The smallest absolute Gasteiger partial charge is 0.0837 e. The Labute approximate surface area is 139 Å². The number of hydrogen-bond donors (Lipinski definition) is 1. The van der Waals surface area contributed by atoms with Gasteiger partial charge in [0.25, 0.3) is 0 Å². The van der Waals surface area contributed by atoms with Gasteiger partial charge in [0, 0.05) is 23.1 Å². The molecule has 0 saturated carbocycles. The van der Waals surface area contributed by atoms with Gasteiger partial charge in [-0.3, -0.25) is 0 Å². The van der Waals surface area contributed by atoms with Crippen LogP contribution < -0.4 is 10.2 Å². The molecule has 1 aliphatic rings. The SMILES string of the molecule is CCNC1CCN(c2ccc(Br)c(Cl)c2Cl)C(C)C1C. The molecule has 0 radical (unpaired) electrons. The van der Waals surface area contributed by atoms with E-state index in [2.05, 4.69) is 53.0 Å². The zero-order valence-electron chi connectivity index (χ0n) is 12.1. The Kier molecular flexibility index (Phi) is 5.63. The molecule has 1 saturated heterocycles. The Morgan fingerprint density at radius 1 is 1.30 bits per heavy atom. The van der Waals surface area contributed by atoms with Gasteiger partial charge in [-0.2, -0.15) is 0 Å². The Bertz CT molecular complexity index is 481. The zero-order valence-corrected chi connectivity index (χ0v) is 15.2. The van der Waals surface area contributed by atoms with Gasteiger partial charge in [-0.25, -0.2) is 0 Å². The normalized spacial score (nSPS) is 26.9. The van der Waals surface area contributed by atoms with Gasteiger partial charge in [-0.05, 0) is 53.9 Å². The molecule has 3 atom stereocenters. The summed E-state index contributed by atoms with van der Waals surface area (Å²) in [4.78, 5) is 2.37. The van der Waals surface area contributed by atoms with Crippen LogP contribution in [0.4, 0.5) is 5.69 Å². The van der Waals surface area contributed by atoms with Gasteiger partial charge in [-0.15, -0.1) is 0 Å². The minimum atomic E-state index is 0.433. The summed E-state index contributed by atoms with van der Waals surface area (Å²) in [6.45, 7) is 8.75. The highest BCUT2D eigenvalue weighted by Crippen LogP contribution is 2.40. The van der Waals surface area contributed by atoms with Gasteiger partial charge in [-0.1, -0.05) is 37.0 Å². The summed E-state index contributed by atoms with van der Waals surface area (Å²) in [6, 6.07) is 5.03. The minimum Gasteiger partial charge on any atom is -0.367 e. The fourth-order valence-corrected chi connectivity index (χ4v) is 3.87. The Hall–Kier alpha value is 0.0400. The predicted molar refractivity (Wildman–Crippen MR) is 92.2 cm³/mol. The van der Waals surface area contributed by atoms with E-state index in [-0.39, 0.29) is 0 Å². The van der Waals surface area contributed by atoms with Crippen molar-refractivity contribution in [1.29, 1.82) is 0 Å². The van der Waals surface area contributed by atoms with E-state index < -0.39 is 0 Å². The second-order valence-corrected chi connectivity index (χ2v) is 7.05. The van der Waals surface area contributed by atoms with Crippen LogP contribution in [0.1, 0.15) is 27.2 Å². The molecule has 112 valence electrons. The lowest BCUT2D eigenvalue weighted by molar-refractivity contribution is 0.274. The van der Waals surface area contributed by atoms with Crippen molar-refractivity contribution in [2.75, 3.05) is 18.0 Å². The average Bonchev–Trinajstić information content (AvgIpc) is 2.43. The first-order valence-electron chi connectivity index (χ1n) is 7.10. The van der Waals surface area contributed by atoms with Crippen molar-refractivity contribution in [1.82, 2.24) is 5.32 Å². The minimum absolute atomic E-state index is 0.433. The molecule has 1 fully saturated rings. The molecule has 5 heteroatoms. The molecule has 3 unspecified atom stereocenters. The molecule has 1 aliphatic heterocycles. The highest BCUT2D eigenvalue weighted by atomic mass is 79.9. The third-order valence-electron chi connectivity index (χ3n) is 4.36. The summed E-state index contributed by atoms with van der Waals surface area (Å²) in [5.41, 5.74) is 1.04. The quantitative estimate of drug-likeness (QED) is 0.746. The number of piperidine rings is 1. The van der Waals surface area contributed by atoms with Crippen LogP contribution in [0.5, 0.6) is 0 Å². The third kappa shape index (κ3) is 3.11. The van der Waals surface area contributed by atoms with Crippen molar-refractivity contribution in [3.05, 3.63) is 26.7 Å². The van der Waals surface area contributed by atoms with Crippen molar-refractivity contribution in [3.8, 4) is 0 Å². The molecule has 1 aromatic rings. The molecule has 1 N–H and O–H groups in total. The summed E-state index contributed by atoms with van der Waals surface area (Å²) in [5.74, 6) is 0.571. The predicted octanol–water partition coefficient (Wildman–Crippen LogP) is 4.97. The molecular weight excluding hydrogens is 359 g/mol. The van der Waals surface area contributed by atoms with E-state index in [1.165, 1.54) is 0 Å². The number of rotatable bonds is 3. The first-order chi connectivity index (χ1) is 9.47. The molecule has 2 nitrogen and oxygen atoms in total. The van der Waals surface area contributed by atoms with Crippen LogP contribution in [0.3, 0.4) is 0 Å². The van der Waals surface area contributed by atoms with Gasteiger partial charge in [0.2, 0.25) is 0 Å². The van der Waals surface area contributed by atoms with Gasteiger partial charge >= 0.3 is 0 Å². The maximum absolute atomic E-state index is 6.42. The largest absolute Gasteiger partial charge is 0.367 e. The first kappa shape index (κ1) is 16.4. The van der Waals surface area contributed by atoms with Gasteiger partial charge in [0.1, 0.15) is 0 Å². The number of nitrogens with zero attached hydrogens (tertiary/aromatic N) is 1. The van der Waals surface area contributed by atoms with Gasteiger partial charge in [0.05, 0.1) is 15.7 Å². The lowest BCUT2D eigenvalue weighted by atomic mass is 9.86. The monoisotopic (exact) mass is 378 g/mol. The fraction of sp³-hybridized carbons (Fsp3) is 0.600. The van der Waals surface area contributed by atoms with Crippen LogP contribution in [-0.2, 0) is 0 Å². The van der Waals surface area contributed by atoms with Crippen LogP contribution in [0, 0.1) is 5.92 Å². The van der Waals surface area contributed by atoms with Crippen LogP contribution >= 0.6 is 39.1 Å². The van der Waals surface area contributed by atoms with E-state index in [4.69, 9.17) is 23.2 Å². The average molecular weight is 380 g/mol. The summed E-state index contributed by atoms with van der Waals surface area (Å²) >= 11 is 16.1. The van der Waals surface area contributed by atoms with Crippen molar-refractivity contribution in [3.63, 3.8) is 0 Å². The van der Waals surface area contributed by atoms with Crippen molar-refractivity contribution < 1.29 is 0 Å². The molecule has 0 aromatic heterocycles. The highest BCUT2D eigenvalue weighted by molar-refractivity contribution is 9.10. The van der Waals surface area contributed by atoms with Crippen molar-refractivity contribution >= 4 is 44.8 Å². The van der Waals surface area contributed by atoms with Crippen molar-refractivity contribution in [2.45, 2.75) is 39.3 Å². The highest BCUT2D eigenvalue weighted by Gasteiger charge is 2.33. The van der Waals surface area contributed by atoms with E-state index >= 15 is 0 Å². The van der Waals surface area contributed by atoms with E-state index in [0.29, 0.717) is 28.0 Å². The second-order valence-electron chi connectivity index (χ2n) is 5.44. The van der Waals surface area contributed by atoms with E-state index in [1.54, 1.807) is 0 Å². The van der Waals surface area contributed by atoms with Gasteiger partial charge in [0.15, 0.2) is 0 Å². The van der Waals surface area contributed by atoms with Gasteiger partial charge < -0.3 is 10.2 Å². The number of anilines is 1. The third-order valence-corrected chi connectivity index (χ3v) is 6.12. The lowest BCUT2D eigenvalue weighted by Gasteiger charge is -2.44. The Morgan fingerprint density at radius 3 is 2.65 bits per heavy atom. The number of hydrogen-bond acceptors (Lipinski definition) is 2. The summed E-state index contributed by atoms with van der Waals surface area (Å²) in [7, 11) is 0. The number of nitrogens with one attached hydrogen (secondary N) is 1. The Morgan fingerprint density at radius 2 is 2.00 bits per heavy atom. The van der Waals surface area contributed by atoms with E-state index in [9.17, 15) is 0 Å². The van der Waals surface area contributed by atoms with Crippen LogP contribution in [0.15, 0.2) is 16.6 Å². The second kappa shape index (κ2) is 6.87. The summed E-state index contributed by atoms with van der Waals surface area (Å²) in [5, 5.41) is 4.81. The molecule has 0 bridgehead atoms. The topological polar surface area (TPSA) is 15.3 Å². The Balaban J connectivity index is 2.25. The molecule has 0 amide bonds. The first-order valence-corrected chi connectivity index (χ1v) is 8.65. The maximum Gasteiger partial charge on any atom is 0.0837 e. The standard InChI is InChI=1S/C15H21BrCl2N2/c1-4-19-12-7-8-20(10(3)9(12)2)13-6-5-11(16)14(17)15(13)18/h5-6,9-10,12,19H,4,7-8H2,1-3H3. The van der Waals surface area contributed by atoms with Crippen LogP contribution in [0.25, 0.3) is 0 Å². The molecular formula is C15H21BrCl2N2. The zero-order chi connectivity index (χ0) is 14.9. The molecule has 1 aromatic carbocycles. The fourth-order valence-electron chi connectivity index (χ4n) is 2.99. The summed E-state index contributed by atoms with van der Waals surface area (Å²) in [6.07, 6.45) is 1.13. The molecule has 2 rings (SSSR count). The summed E-state index contributed by atoms with van der Waals surface area (Å²) < 4.78 is 0.844.